The number of nitrogens with zero attached hydrogens (tertiary/aromatic N) is 2. The summed E-state index contributed by atoms with van der Waals surface area (Å²) in [6.45, 7) is 9.32. The van der Waals surface area contributed by atoms with Crippen molar-refractivity contribution in [2.45, 2.75) is 20.8 Å². The summed E-state index contributed by atoms with van der Waals surface area (Å²) in [5.74, 6) is 0.277. The van der Waals surface area contributed by atoms with Crippen molar-refractivity contribution in [3.8, 4) is 0 Å². The largest absolute Gasteiger partial charge is 0.335 e. The number of benzene rings is 1. The van der Waals surface area contributed by atoms with Crippen LogP contribution in [0.4, 0.5) is 0 Å². The van der Waals surface area contributed by atoms with Crippen molar-refractivity contribution in [1.29, 1.82) is 0 Å². The summed E-state index contributed by atoms with van der Waals surface area (Å²) >= 11 is 1.48. The Kier molecular flexibility index (Phi) is 5.35. The molecule has 0 unspecified atom stereocenters. The van der Waals surface area contributed by atoms with Gasteiger partial charge in [-0.25, -0.2) is 0 Å². The minimum atomic E-state index is 0.103. The molecule has 1 amide bonds. The summed E-state index contributed by atoms with van der Waals surface area (Å²) in [7, 11) is 0. The molecule has 0 spiro atoms. The monoisotopic (exact) mass is 356 g/mol. The molecule has 0 atom stereocenters. The molecule has 2 aromatic rings. The van der Waals surface area contributed by atoms with Gasteiger partial charge in [-0.3, -0.25) is 14.5 Å². The maximum atomic E-state index is 12.7. The molecule has 1 aromatic heterocycles. The maximum Gasteiger partial charge on any atom is 0.264 e. The molecule has 5 heteroatoms. The number of ketones is 1. The number of Topliss-reactive ketones (excluding diaryl/α,β-unsaturated/α-hetero) is 1. The van der Waals surface area contributed by atoms with E-state index in [4.69, 9.17) is 0 Å². The highest BCUT2D eigenvalue weighted by atomic mass is 32.1. The molecule has 132 valence electrons. The van der Waals surface area contributed by atoms with Gasteiger partial charge >= 0.3 is 0 Å². The van der Waals surface area contributed by atoms with Crippen molar-refractivity contribution in [2.24, 2.45) is 0 Å². The van der Waals surface area contributed by atoms with E-state index < -0.39 is 0 Å². The van der Waals surface area contributed by atoms with Crippen molar-refractivity contribution in [3.05, 3.63) is 56.8 Å². The van der Waals surface area contributed by atoms with E-state index in [1.165, 1.54) is 16.9 Å². The predicted octanol–water partition coefficient (Wildman–Crippen LogP) is 3.31. The zero-order valence-corrected chi connectivity index (χ0v) is 15.9. The van der Waals surface area contributed by atoms with E-state index >= 15 is 0 Å². The molecule has 1 aliphatic heterocycles. The average molecular weight is 356 g/mol. The number of amides is 1. The molecular weight excluding hydrogens is 332 g/mol. The van der Waals surface area contributed by atoms with Gasteiger partial charge in [0.05, 0.1) is 11.4 Å². The third-order valence-corrected chi connectivity index (χ3v) is 5.57. The van der Waals surface area contributed by atoms with Gasteiger partial charge in [0.1, 0.15) is 0 Å². The Hall–Kier alpha value is -1.98. The molecule has 1 saturated heterocycles. The zero-order chi connectivity index (χ0) is 18.0. The molecule has 1 fully saturated rings. The fourth-order valence-electron chi connectivity index (χ4n) is 3.57. The van der Waals surface area contributed by atoms with E-state index in [9.17, 15) is 9.59 Å². The minimum absolute atomic E-state index is 0.103. The van der Waals surface area contributed by atoms with Gasteiger partial charge in [-0.1, -0.05) is 23.8 Å². The molecule has 1 aromatic carbocycles. The Morgan fingerprint density at radius 1 is 1.04 bits per heavy atom. The Morgan fingerprint density at radius 2 is 1.68 bits per heavy atom. The van der Waals surface area contributed by atoms with Crippen LogP contribution in [0.3, 0.4) is 0 Å². The second kappa shape index (κ2) is 7.50. The second-order valence-electron chi connectivity index (χ2n) is 6.74. The average Bonchev–Trinajstić information content (AvgIpc) is 3.08. The van der Waals surface area contributed by atoms with Crippen LogP contribution in [-0.2, 0) is 0 Å². The smallest absolute Gasteiger partial charge is 0.264 e. The first kappa shape index (κ1) is 17.8. The van der Waals surface area contributed by atoms with Crippen LogP contribution in [-0.4, -0.2) is 54.2 Å². The van der Waals surface area contributed by atoms with E-state index in [-0.39, 0.29) is 11.7 Å². The lowest BCUT2D eigenvalue weighted by Crippen LogP contribution is -2.49. The molecule has 1 aliphatic rings. The lowest BCUT2D eigenvalue weighted by molar-refractivity contribution is 0.0628. The first-order valence-electron chi connectivity index (χ1n) is 8.62. The standard InChI is InChI=1S/C20H24N2O2S/c1-14-11-15(2)19(16(3)12-14)17(23)13-21-6-8-22(9-7-21)20(24)18-5-4-10-25-18/h4-5,10-12H,6-9,13H2,1-3H3. The van der Waals surface area contributed by atoms with E-state index in [1.807, 2.05) is 36.3 Å². The highest BCUT2D eigenvalue weighted by Crippen LogP contribution is 2.18. The van der Waals surface area contributed by atoms with Gasteiger partial charge in [0.15, 0.2) is 5.78 Å². The Balaban J connectivity index is 1.59. The lowest BCUT2D eigenvalue weighted by atomic mass is 9.96. The summed E-state index contributed by atoms with van der Waals surface area (Å²) in [6, 6.07) is 7.90. The molecule has 0 N–H and O–H groups in total. The molecule has 4 nitrogen and oxygen atoms in total. The molecule has 0 saturated carbocycles. The van der Waals surface area contributed by atoms with Crippen LogP contribution in [0, 0.1) is 20.8 Å². The Bertz CT molecular complexity index is 752. The normalized spacial score (nSPS) is 15.4. The van der Waals surface area contributed by atoms with Crippen LogP contribution in [0.15, 0.2) is 29.6 Å². The molecule has 0 bridgehead atoms. The summed E-state index contributed by atoms with van der Waals surface area (Å²) in [4.78, 5) is 30.0. The van der Waals surface area contributed by atoms with Crippen molar-refractivity contribution in [1.82, 2.24) is 9.80 Å². The fourth-order valence-corrected chi connectivity index (χ4v) is 4.26. The number of piperazine rings is 1. The van der Waals surface area contributed by atoms with Gasteiger partial charge in [0.2, 0.25) is 0 Å². The van der Waals surface area contributed by atoms with Crippen LogP contribution in [0.5, 0.6) is 0 Å². The van der Waals surface area contributed by atoms with Gasteiger partial charge in [-0.2, -0.15) is 0 Å². The zero-order valence-electron chi connectivity index (χ0n) is 15.0. The first-order valence-corrected chi connectivity index (χ1v) is 9.50. The number of thiophene rings is 1. The SMILES string of the molecule is Cc1cc(C)c(C(=O)CN2CCN(C(=O)c3cccs3)CC2)c(C)c1. The van der Waals surface area contributed by atoms with Gasteiger partial charge in [0, 0.05) is 31.7 Å². The number of hydrogen-bond donors (Lipinski definition) is 0. The number of carbonyl (C=O) groups is 2. The summed E-state index contributed by atoms with van der Waals surface area (Å²) in [6.07, 6.45) is 0. The van der Waals surface area contributed by atoms with Gasteiger partial charge in [-0.05, 0) is 43.3 Å². The van der Waals surface area contributed by atoms with E-state index in [1.54, 1.807) is 0 Å². The third kappa shape index (κ3) is 3.99. The second-order valence-corrected chi connectivity index (χ2v) is 7.69. The summed E-state index contributed by atoms with van der Waals surface area (Å²) in [5, 5.41) is 1.92. The summed E-state index contributed by atoms with van der Waals surface area (Å²) < 4.78 is 0. The number of rotatable bonds is 4. The van der Waals surface area contributed by atoms with Gasteiger partial charge < -0.3 is 4.90 Å². The molecule has 25 heavy (non-hydrogen) atoms. The predicted molar refractivity (Wildman–Crippen MR) is 102 cm³/mol. The lowest BCUT2D eigenvalue weighted by Gasteiger charge is -2.34. The maximum absolute atomic E-state index is 12.7. The fraction of sp³-hybridized carbons (Fsp3) is 0.400. The van der Waals surface area contributed by atoms with Crippen molar-refractivity contribution < 1.29 is 9.59 Å². The van der Waals surface area contributed by atoms with Crippen LogP contribution in [0.25, 0.3) is 0 Å². The van der Waals surface area contributed by atoms with Crippen molar-refractivity contribution >= 4 is 23.0 Å². The third-order valence-electron chi connectivity index (χ3n) is 4.71. The molecule has 0 aliphatic carbocycles. The Morgan fingerprint density at radius 3 is 2.24 bits per heavy atom. The summed E-state index contributed by atoms with van der Waals surface area (Å²) in [5.41, 5.74) is 4.14. The molecule has 3 rings (SSSR count). The van der Waals surface area contributed by atoms with Gasteiger partial charge in [0.25, 0.3) is 5.91 Å². The highest BCUT2D eigenvalue weighted by molar-refractivity contribution is 7.12. The van der Waals surface area contributed by atoms with Crippen LogP contribution in [0.2, 0.25) is 0 Å². The number of carbonyl (C=O) groups excluding carboxylic acids is 2. The highest BCUT2D eigenvalue weighted by Gasteiger charge is 2.24. The molecule has 0 radical (unpaired) electrons. The first-order chi connectivity index (χ1) is 12.0. The van der Waals surface area contributed by atoms with Crippen LogP contribution >= 0.6 is 11.3 Å². The number of hydrogen-bond acceptors (Lipinski definition) is 4. The van der Waals surface area contributed by atoms with E-state index in [0.717, 1.165) is 34.7 Å². The van der Waals surface area contributed by atoms with Gasteiger partial charge in [-0.15, -0.1) is 11.3 Å². The van der Waals surface area contributed by atoms with E-state index in [0.29, 0.717) is 19.6 Å². The van der Waals surface area contributed by atoms with Crippen LogP contribution < -0.4 is 0 Å². The molecular formula is C20H24N2O2S. The van der Waals surface area contributed by atoms with Crippen molar-refractivity contribution in [2.75, 3.05) is 32.7 Å². The Labute approximate surface area is 153 Å². The topological polar surface area (TPSA) is 40.6 Å². The number of aryl methyl sites for hydroxylation is 3. The van der Waals surface area contributed by atoms with Crippen LogP contribution in [0.1, 0.15) is 36.7 Å². The molecule has 2 heterocycles. The minimum Gasteiger partial charge on any atom is -0.335 e. The quantitative estimate of drug-likeness (QED) is 0.789. The van der Waals surface area contributed by atoms with Crippen molar-refractivity contribution in [3.63, 3.8) is 0 Å². The van der Waals surface area contributed by atoms with E-state index in [2.05, 4.69) is 24.0 Å².